The van der Waals surface area contributed by atoms with E-state index in [0.717, 1.165) is 42.6 Å². The van der Waals surface area contributed by atoms with Crippen molar-refractivity contribution in [2.24, 2.45) is 5.92 Å². The first-order chi connectivity index (χ1) is 13.6. The minimum atomic E-state index is -0.935. The Balaban J connectivity index is 1.28. The fraction of sp³-hybridized carbons (Fsp3) is 0.429. The summed E-state index contributed by atoms with van der Waals surface area (Å²) in [6.07, 6.45) is 12.1. The smallest absolute Gasteiger partial charge is 0.287 e. The minimum absolute atomic E-state index is 0.202. The topological polar surface area (TPSA) is 81.4 Å². The van der Waals surface area contributed by atoms with Crippen LogP contribution in [0.4, 0.5) is 0 Å². The van der Waals surface area contributed by atoms with Gasteiger partial charge in [0.2, 0.25) is 0 Å². The fourth-order valence-electron chi connectivity index (χ4n) is 3.64. The van der Waals surface area contributed by atoms with Crippen LogP contribution < -0.4 is 5.32 Å². The Morgan fingerprint density at radius 1 is 1.43 bits per heavy atom. The van der Waals surface area contributed by atoms with Gasteiger partial charge < -0.3 is 19.2 Å². The second-order valence-corrected chi connectivity index (χ2v) is 9.23. The number of carbonyl (C=O) groups excluding carboxylic acids is 1. The molecule has 4 rings (SSSR count). The van der Waals surface area contributed by atoms with E-state index >= 15 is 0 Å². The van der Waals surface area contributed by atoms with Crippen molar-refractivity contribution < 1.29 is 13.8 Å². The highest BCUT2D eigenvalue weighted by Gasteiger charge is 2.30. The molecule has 3 heterocycles. The van der Waals surface area contributed by atoms with E-state index in [1.807, 2.05) is 12.1 Å². The van der Waals surface area contributed by atoms with E-state index < -0.39 is 11.2 Å². The number of fused-ring (bicyclic) bond motifs is 1. The summed E-state index contributed by atoms with van der Waals surface area (Å²) < 4.78 is 18.3. The zero-order valence-electron chi connectivity index (χ0n) is 16.0. The van der Waals surface area contributed by atoms with E-state index in [1.165, 1.54) is 0 Å². The number of amides is 1. The lowest BCUT2D eigenvalue weighted by molar-refractivity contribution is 0.0924. The molecule has 2 aliphatic rings. The third-order valence-electron chi connectivity index (χ3n) is 5.43. The first kappa shape index (κ1) is 19.2. The molecule has 7 heteroatoms. The number of rotatable bonds is 5. The van der Waals surface area contributed by atoms with Gasteiger partial charge in [0.15, 0.2) is 11.3 Å². The Labute approximate surface area is 167 Å². The zero-order chi connectivity index (χ0) is 19.5. The highest BCUT2D eigenvalue weighted by molar-refractivity contribution is 7.96. The van der Waals surface area contributed by atoms with Gasteiger partial charge in [-0.2, -0.15) is 0 Å². The van der Waals surface area contributed by atoms with Gasteiger partial charge in [0.05, 0.1) is 6.20 Å². The SMILES string of the molecule is CN1CCC([S+]([O-])C2=CCC(CNC(=O)c3cc4ccncc4o3)C=C2)CC1. The van der Waals surface area contributed by atoms with Crippen molar-refractivity contribution in [1.82, 2.24) is 15.2 Å². The van der Waals surface area contributed by atoms with Gasteiger partial charge in [-0.3, -0.25) is 9.78 Å². The molecule has 1 fully saturated rings. The number of piperidine rings is 1. The molecule has 0 radical (unpaired) electrons. The summed E-state index contributed by atoms with van der Waals surface area (Å²) in [6.45, 7) is 2.55. The van der Waals surface area contributed by atoms with Crippen molar-refractivity contribution in [2.45, 2.75) is 24.5 Å². The van der Waals surface area contributed by atoms with Crippen LogP contribution in [0, 0.1) is 5.92 Å². The number of nitrogens with one attached hydrogen (secondary N) is 1. The molecule has 148 valence electrons. The largest absolute Gasteiger partial charge is 0.611 e. The third kappa shape index (κ3) is 4.32. The Hall–Kier alpha value is -2.09. The highest BCUT2D eigenvalue weighted by atomic mass is 32.2. The van der Waals surface area contributed by atoms with E-state index in [2.05, 4.69) is 34.4 Å². The molecule has 1 N–H and O–H groups in total. The molecule has 0 spiro atoms. The lowest BCUT2D eigenvalue weighted by Crippen LogP contribution is -2.37. The second kappa shape index (κ2) is 8.51. The maximum absolute atomic E-state index is 12.8. The van der Waals surface area contributed by atoms with Crippen LogP contribution in [0.2, 0.25) is 0 Å². The number of carbonyl (C=O) groups is 1. The number of hydrogen-bond donors (Lipinski definition) is 1. The average Bonchev–Trinajstić information content (AvgIpc) is 3.17. The van der Waals surface area contributed by atoms with Gasteiger partial charge in [0.25, 0.3) is 5.91 Å². The van der Waals surface area contributed by atoms with Gasteiger partial charge in [0, 0.05) is 44.1 Å². The van der Waals surface area contributed by atoms with Gasteiger partial charge >= 0.3 is 0 Å². The van der Waals surface area contributed by atoms with Gasteiger partial charge in [-0.15, -0.1) is 0 Å². The van der Waals surface area contributed by atoms with Crippen LogP contribution in [-0.2, 0) is 11.2 Å². The molecule has 0 bridgehead atoms. The highest BCUT2D eigenvalue weighted by Crippen LogP contribution is 2.27. The van der Waals surface area contributed by atoms with E-state index in [0.29, 0.717) is 17.9 Å². The van der Waals surface area contributed by atoms with Gasteiger partial charge in [-0.25, -0.2) is 0 Å². The number of aromatic nitrogens is 1. The van der Waals surface area contributed by atoms with E-state index in [1.54, 1.807) is 18.5 Å². The van der Waals surface area contributed by atoms with Crippen molar-refractivity contribution in [2.75, 3.05) is 26.7 Å². The molecule has 1 amide bonds. The molecule has 1 saturated heterocycles. The summed E-state index contributed by atoms with van der Waals surface area (Å²) in [5.74, 6) is 0.268. The zero-order valence-corrected chi connectivity index (χ0v) is 16.8. The van der Waals surface area contributed by atoms with E-state index in [9.17, 15) is 9.35 Å². The summed E-state index contributed by atoms with van der Waals surface area (Å²) in [5, 5.41) is 4.05. The van der Waals surface area contributed by atoms with Crippen LogP contribution in [0.1, 0.15) is 29.8 Å². The molecule has 1 aliphatic heterocycles. The Morgan fingerprint density at radius 2 is 2.25 bits per heavy atom. The van der Waals surface area contributed by atoms with Crippen LogP contribution in [0.25, 0.3) is 11.0 Å². The number of pyridine rings is 1. The molecule has 2 atom stereocenters. The van der Waals surface area contributed by atoms with Crippen LogP contribution in [0.15, 0.2) is 52.1 Å². The lowest BCUT2D eigenvalue weighted by atomic mass is 10.0. The van der Waals surface area contributed by atoms with Crippen molar-refractivity contribution in [3.8, 4) is 0 Å². The molecule has 2 aromatic rings. The number of likely N-dealkylation sites (tertiary alicyclic amines) is 1. The summed E-state index contributed by atoms with van der Waals surface area (Å²) >= 11 is -0.935. The summed E-state index contributed by atoms with van der Waals surface area (Å²) in [4.78, 5) is 19.6. The summed E-state index contributed by atoms with van der Waals surface area (Å²) in [7, 11) is 2.11. The summed E-state index contributed by atoms with van der Waals surface area (Å²) in [6, 6.07) is 3.54. The van der Waals surface area contributed by atoms with Crippen molar-refractivity contribution in [3.05, 3.63) is 53.4 Å². The molecule has 0 aromatic carbocycles. The standard InChI is InChI=1S/C21H25N3O3S/c1-24-10-7-18(8-11-24)28(26)17-4-2-15(3-5-17)13-23-21(25)19-12-16-6-9-22-14-20(16)27-19/h2,4-6,9,12,14-15,18H,3,7-8,10-11,13H2,1H3,(H,23,25). The van der Waals surface area contributed by atoms with Crippen LogP contribution >= 0.6 is 0 Å². The molecular formula is C21H25N3O3S. The Kier molecular flexibility index (Phi) is 5.85. The number of hydrogen-bond acceptors (Lipinski definition) is 5. The summed E-state index contributed by atoms with van der Waals surface area (Å²) in [5.41, 5.74) is 0.606. The number of allylic oxidation sites excluding steroid dienone is 2. The fourth-order valence-corrected chi connectivity index (χ4v) is 5.14. The third-order valence-corrected chi connectivity index (χ3v) is 7.27. The molecule has 2 unspecified atom stereocenters. The van der Waals surface area contributed by atoms with Gasteiger partial charge in [0.1, 0.15) is 10.2 Å². The first-order valence-electron chi connectivity index (χ1n) is 9.69. The van der Waals surface area contributed by atoms with Crippen LogP contribution in [-0.4, -0.2) is 52.3 Å². The molecule has 6 nitrogen and oxygen atoms in total. The normalized spacial score (nSPS) is 22.2. The van der Waals surface area contributed by atoms with Crippen molar-refractivity contribution in [3.63, 3.8) is 0 Å². The predicted octanol–water partition coefficient (Wildman–Crippen LogP) is 2.86. The van der Waals surface area contributed by atoms with Crippen LogP contribution in [0.5, 0.6) is 0 Å². The van der Waals surface area contributed by atoms with Crippen molar-refractivity contribution in [1.29, 1.82) is 0 Å². The maximum Gasteiger partial charge on any atom is 0.287 e. The Morgan fingerprint density at radius 3 is 2.96 bits per heavy atom. The molecule has 28 heavy (non-hydrogen) atoms. The van der Waals surface area contributed by atoms with E-state index in [4.69, 9.17) is 4.42 Å². The minimum Gasteiger partial charge on any atom is -0.611 e. The molecule has 0 saturated carbocycles. The predicted molar refractivity (Wildman–Crippen MR) is 110 cm³/mol. The van der Waals surface area contributed by atoms with Gasteiger partial charge in [-0.1, -0.05) is 6.08 Å². The first-order valence-corrected chi connectivity index (χ1v) is 10.9. The second-order valence-electron chi connectivity index (χ2n) is 7.50. The number of furan rings is 1. The number of nitrogens with zero attached hydrogens (tertiary/aromatic N) is 2. The maximum atomic E-state index is 12.8. The quantitative estimate of drug-likeness (QED) is 0.782. The van der Waals surface area contributed by atoms with Gasteiger partial charge in [-0.05, 0) is 54.8 Å². The van der Waals surface area contributed by atoms with Crippen molar-refractivity contribution >= 4 is 28.1 Å². The molecule has 1 aliphatic carbocycles. The average molecular weight is 400 g/mol. The van der Waals surface area contributed by atoms with E-state index in [-0.39, 0.29) is 17.1 Å². The Bertz CT molecular complexity index is 866. The lowest BCUT2D eigenvalue weighted by Gasteiger charge is -2.31. The molecule has 2 aromatic heterocycles. The van der Waals surface area contributed by atoms with Crippen LogP contribution in [0.3, 0.4) is 0 Å². The monoisotopic (exact) mass is 399 g/mol. The molecular weight excluding hydrogens is 374 g/mol.